The molecule has 1 aromatic carbocycles. The van der Waals surface area contributed by atoms with E-state index in [0.717, 1.165) is 74.7 Å². The lowest BCUT2D eigenvalue weighted by Crippen LogP contribution is -2.37. The maximum atomic E-state index is 12.6. The van der Waals surface area contributed by atoms with Gasteiger partial charge in [0.25, 0.3) is 5.91 Å². The van der Waals surface area contributed by atoms with Gasteiger partial charge in [-0.15, -0.1) is 4.91 Å². The predicted octanol–water partition coefficient (Wildman–Crippen LogP) is 7.38. The summed E-state index contributed by atoms with van der Waals surface area (Å²) in [5.41, 5.74) is 4.35. The summed E-state index contributed by atoms with van der Waals surface area (Å²) in [4.78, 5) is 31.7. The van der Waals surface area contributed by atoms with Crippen LogP contribution < -0.4 is 0 Å². The van der Waals surface area contributed by atoms with Gasteiger partial charge in [0.2, 0.25) is 0 Å². The molecule has 2 heterocycles. The molecule has 38 heavy (non-hydrogen) atoms. The molecule has 4 rings (SSSR count). The monoisotopic (exact) mass is 537 g/mol. The van der Waals surface area contributed by atoms with E-state index in [9.17, 15) is 9.70 Å². The van der Waals surface area contributed by atoms with Crippen molar-refractivity contribution in [3.63, 3.8) is 0 Å². The van der Waals surface area contributed by atoms with E-state index in [4.69, 9.17) is 21.2 Å². The number of allylic oxidation sites excluding steroid dienone is 4. The Kier molecular flexibility index (Phi) is 9.93. The summed E-state index contributed by atoms with van der Waals surface area (Å²) in [5.74, 6) is 0.745. The lowest BCUT2D eigenvalue weighted by Gasteiger charge is -2.26. The molecule has 0 aromatic heterocycles. The van der Waals surface area contributed by atoms with E-state index in [2.05, 4.69) is 29.6 Å². The lowest BCUT2D eigenvalue weighted by molar-refractivity contribution is -0.137. The molecular weight excluding hydrogens is 502 g/mol. The second-order valence-electron chi connectivity index (χ2n) is 9.98. The van der Waals surface area contributed by atoms with E-state index in [-0.39, 0.29) is 29.6 Å². The largest absolute Gasteiger partial charge is 0.493 e. The van der Waals surface area contributed by atoms with E-state index in [0.29, 0.717) is 36.0 Å². The van der Waals surface area contributed by atoms with Crippen LogP contribution in [0.2, 0.25) is 5.02 Å². The first-order valence-electron chi connectivity index (χ1n) is 13.5. The number of fused-ring (bicyclic) bond motifs is 1. The van der Waals surface area contributed by atoms with Crippen molar-refractivity contribution in [2.45, 2.75) is 63.7 Å². The number of halogens is 1. The summed E-state index contributed by atoms with van der Waals surface area (Å²) in [7, 11) is 0. The second-order valence-corrected chi connectivity index (χ2v) is 10.4. The number of hydrogen-bond acceptors (Lipinski definition) is 6. The van der Waals surface area contributed by atoms with Gasteiger partial charge >= 0.3 is 0 Å². The molecule has 202 valence electrons. The molecule has 2 fully saturated rings. The number of amides is 1. The molecule has 1 aliphatic carbocycles. The second kappa shape index (κ2) is 13.6. The molecule has 0 bridgehead atoms. The van der Waals surface area contributed by atoms with Gasteiger partial charge in [-0.3, -0.25) is 4.79 Å². The van der Waals surface area contributed by atoms with Crippen molar-refractivity contribution in [3.05, 3.63) is 75.7 Å². The zero-order valence-electron chi connectivity index (χ0n) is 21.9. The Morgan fingerprint density at radius 1 is 1.24 bits per heavy atom. The first-order valence-corrected chi connectivity index (χ1v) is 13.8. The van der Waals surface area contributed by atoms with Gasteiger partial charge in [0.15, 0.2) is 6.61 Å². The highest BCUT2D eigenvalue weighted by atomic mass is 35.5. The molecule has 0 radical (unpaired) electrons. The molecule has 1 amide bonds. The van der Waals surface area contributed by atoms with Gasteiger partial charge in [0.05, 0.1) is 17.3 Å². The number of carbonyl (C=O) groups excluding carboxylic acids is 1. The van der Waals surface area contributed by atoms with Crippen molar-refractivity contribution >= 4 is 34.7 Å². The summed E-state index contributed by atoms with van der Waals surface area (Å²) in [6.07, 6.45) is 15.8. The van der Waals surface area contributed by atoms with Crippen LogP contribution in [0.4, 0.5) is 5.69 Å². The van der Waals surface area contributed by atoms with Crippen LogP contribution in [0.3, 0.4) is 0 Å². The van der Waals surface area contributed by atoms with Gasteiger partial charge < -0.3 is 14.5 Å². The Balaban J connectivity index is 1.67. The smallest absolute Gasteiger partial charge is 0.263 e. The summed E-state index contributed by atoms with van der Waals surface area (Å²) in [5, 5.41) is 7.80. The SMILES string of the molecule is C=C/C1=C\CC/C=C/C(=N/OCC(=O)N2CCCCC2)Cc2c(Cl)c(N=O)cc(C3CC3)c2C(=C)OCC1. The van der Waals surface area contributed by atoms with Gasteiger partial charge in [-0.25, -0.2) is 0 Å². The summed E-state index contributed by atoms with van der Waals surface area (Å²) in [6, 6.07) is 1.76. The van der Waals surface area contributed by atoms with Crippen molar-refractivity contribution in [3.8, 4) is 0 Å². The minimum atomic E-state index is -0.123. The Hall–Kier alpha value is -3.19. The molecule has 0 unspecified atom stereocenters. The predicted molar refractivity (Wildman–Crippen MR) is 153 cm³/mol. The van der Waals surface area contributed by atoms with Crippen LogP contribution in [0, 0.1) is 4.91 Å². The highest BCUT2D eigenvalue weighted by Crippen LogP contribution is 2.48. The number of ether oxygens (including phenoxy) is 1. The summed E-state index contributed by atoms with van der Waals surface area (Å²) in [6.45, 7) is 10.00. The Morgan fingerprint density at radius 2 is 2.03 bits per heavy atom. The molecule has 1 aromatic rings. The van der Waals surface area contributed by atoms with E-state index in [1.54, 1.807) is 6.07 Å². The van der Waals surface area contributed by atoms with Crippen LogP contribution in [0.1, 0.15) is 74.0 Å². The fourth-order valence-corrected chi connectivity index (χ4v) is 5.19. The number of hydrogen-bond donors (Lipinski definition) is 0. The fraction of sp³-hybridized carbons (Fsp3) is 0.467. The Bertz CT molecular complexity index is 1160. The molecule has 1 saturated carbocycles. The molecule has 7 nitrogen and oxygen atoms in total. The normalized spacial score (nSPS) is 22.3. The van der Waals surface area contributed by atoms with Gasteiger partial charge in [0.1, 0.15) is 11.4 Å². The molecule has 0 spiro atoms. The van der Waals surface area contributed by atoms with Crippen LogP contribution in [-0.2, 0) is 20.8 Å². The van der Waals surface area contributed by atoms with E-state index in [1.165, 1.54) is 0 Å². The standard InChI is InChI=1S/C30H36ClN3O4/c1-3-22-10-6-4-7-11-24(33-38-20-28(35)34-15-8-5-9-16-34)18-26-29(21(2)37-17-14-22)25(23-12-13-23)19-27(32-36)30(26)31/h3,7,10-11,19,23H,1-2,4-6,8-9,12-18,20H2/b11-7+,22-10+,33-24-. The van der Waals surface area contributed by atoms with Crippen molar-refractivity contribution in [1.82, 2.24) is 4.90 Å². The number of carbonyl (C=O) groups is 1. The average Bonchev–Trinajstić information content (AvgIpc) is 3.78. The minimum Gasteiger partial charge on any atom is -0.493 e. The molecule has 3 aliphatic rings. The first kappa shape index (κ1) is 27.8. The van der Waals surface area contributed by atoms with Gasteiger partial charge in [0, 0.05) is 31.5 Å². The van der Waals surface area contributed by atoms with Crippen LogP contribution in [-0.4, -0.2) is 42.8 Å². The van der Waals surface area contributed by atoms with E-state index < -0.39 is 0 Å². The molecular formula is C30H36ClN3O4. The third-order valence-corrected chi connectivity index (χ3v) is 7.60. The fourth-order valence-electron chi connectivity index (χ4n) is 4.94. The lowest BCUT2D eigenvalue weighted by atomic mass is 9.92. The summed E-state index contributed by atoms with van der Waals surface area (Å²) < 4.78 is 6.12. The van der Waals surface area contributed by atoms with Gasteiger partial charge in [-0.05, 0) is 84.9 Å². The molecule has 1 saturated heterocycles. The number of rotatable bonds is 6. The van der Waals surface area contributed by atoms with Crippen molar-refractivity contribution in [2.24, 2.45) is 10.3 Å². The van der Waals surface area contributed by atoms with Gasteiger partial charge in [-0.2, -0.15) is 0 Å². The average molecular weight is 538 g/mol. The van der Waals surface area contributed by atoms with Crippen molar-refractivity contribution < 1.29 is 14.4 Å². The number of likely N-dealkylation sites (tertiary alicyclic amines) is 1. The van der Waals surface area contributed by atoms with Crippen LogP contribution >= 0.6 is 11.6 Å². The molecule has 2 aliphatic heterocycles. The van der Waals surface area contributed by atoms with Crippen molar-refractivity contribution in [2.75, 3.05) is 26.3 Å². The van der Waals surface area contributed by atoms with Gasteiger partial charge in [-0.1, -0.05) is 48.1 Å². The zero-order valence-corrected chi connectivity index (χ0v) is 22.7. The van der Waals surface area contributed by atoms with Crippen LogP contribution in [0.15, 0.2) is 59.4 Å². The third kappa shape index (κ3) is 7.22. The molecule has 0 atom stereocenters. The number of nitrogens with zero attached hydrogens (tertiary/aromatic N) is 3. The maximum Gasteiger partial charge on any atom is 0.263 e. The first-order chi connectivity index (χ1) is 18.5. The number of benzene rings is 1. The highest BCUT2D eigenvalue weighted by molar-refractivity contribution is 6.34. The number of oxime groups is 1. The van der Waals surface area contributed by atoms with Crippen molar-refractivity contribution in [1.29, 1.82) is 0 Å². The number of nitroso groups, excluding NO2 is 1. The zero-order chi connectivity index (χ0) is 26.9. The van der Waals surface area contributed by atoms with E-state index >= 15 is 0 Å². The highest BCUT2D eigenvalue weighted by Gasteiger charge is 2.31. The topological polar surface area (TPSA) is 80.6 Å². The Labute approximate surface area is 229 Å². The number of piperidine rings is 1. The maximum absolute atomic E-state index is 12.6. The Morgan fingerprint density at radius 3 is 2.74 bits per heavy atom. The molecule has 8 heteroatoms. The van der Waals surface area contributed by atoms with Crippen LogP contribution in [0.5, 0.6) is 0 Å². The quantitative estimate of drug-likeness (QED) is 0.280. The molecule has 0 N–H and O–H groups in total. The third-order valence-electron chi connectivity index (χ3n) is 7.18. The summed E-state index contributed by atoms with van der Waals surface area (Å²) >= 11 is 6.74. The van der Waals surface area contributed by atoms with E-state index in [1.807, 2.05) is 23.1 Å². The van der Waals surface area contributed by atoms with Crippen LogP contribution in [0.25, 0.3) is 5.76 Å². The minimum absolute atomic E-state index is 0.0651.